The number of aryl methyl sites for hydroxylation is 1. The van der Waals surface area contributed by atoms with E-state index in [1.54, 1.807) is 4.31 Å². The maximum absolute atomic E-state index is 13.4. The summed E-state index contributed by atoms with van der Waals surface area (Å²) in [5.41, 5.74) is 1.77. The minimum absolute atomic E-state index is 0. The molecule has 1 aromatic carbocycles. The largest absolute Gasteiger partial charge is 0.347 e. The summed E-state index contributed by atoms with van der Waals surface area (Å²) in [6, 6.07) is 7.77. The van der Waals surface area contributed by atoms with Crippen molar-refractivity contribution in [1.29, 1.82) is 0 Å². The number of piperazine rings is 1. The van der Waals surface area contributed by atoms with E-state index >= 15 is 0 Å². The van der Waals surface area contributed by atoms with Crippen molar-refractivity contribution in [3.05, 3.63) is 30.0 Å². The Morgan fingerprint density at radius 1 is 1.29 bits per heavy atom. The molecule has 5 nitrogen and oxygen atoms in total. The molecule has 1 unspecified atom stereocenters. The molecule has 1 aliphatic heterocycles. The third-order valence-electron chi connectivity index (χ3n) is 4.83. The highest BCUT2D eigenvalue weighted by Gasteiger charge is 2.36. The number of hydrogen-bond acceptors (Lipinski definition) is 3. The lowest BCUT2D eigenvalue weighted by Gasteiger charge is -2.35. The second kappa shape index (κ2) is 7.44. The number of aromatic nitrogens is 1. The second-order valence-electron chi connectivity index (χ2n) is 6.25. The Kier molecular flexibility index (Phi) is 5.96. The molecule has 7 heteroatoms. The molecule has 0 aliphatic carbocycles. The number of fused-ring (bicyclic) bond motifs is 1. The van der Waals surface area contributed by atoms with Crippen LogP contribution in [0.1, 0.15) is 25.5 Å². The van der Waals surface area contributed by atoms with Gasteiger partial charge in [-0.25, -0.2) is 8.42 Å². The Morgan fingerprint density at radius 3 is 2.71 bits per heavy atom. The Morgan fingerprint density at radius 2 is 2.00 bits per heavy atom. The maximum atomic E-state index is 13.4. The van der Waals surface area contributed by atoms with Crippen molar-refractivity contribution in [2.75, 3.05) is 19.6 Å². The van der Waals surface area contributed by atoms with Gasteiger partial charge in [-0.05, 0) is 19.4 Å². The van der Waals surface area contributed by atoms with Crippen molar-refractivity contribution in [2.24, 2.45) is 7.05 Å². The molecule has 1 N–H and O–H groups in total. The lowest BCUT2D eigenvalue weighted by molar-refractivity contribution is 0.254. The van der Waals surface area contributed by atoms with E-state index in [9.17, 15) is 8.42 Å². The van der Waals surface area contributed by atoms with E-state index in [1.165, 1.54) is 0 Å². The highest BCUT2D eigenvalue weighted by atomic mass is 35.5. The van der Waals surface area contributed by atoms with E-state index in [1.807, 2.05) is 42.8 Å². The van der Waals surface area contributed by atoms with Crippen LogP contribution in [0, 0.1) is 6.92 Å². The molecule has 0 spiro atoms. The third kappa shape index (κ3) is 3.08. The van der Waals surface area contributed by atoms with E-state index in [2.05, 4.69) is 12.2 Å². The highest BCUT2D eigenvalue weighted by Crippen LogP contribution is 2.32. The molecule has 134 valence electrons. The zero-order valence-corrected chi connectivity index (χ0v) is 16.1. The molecule has 2 aromatic rings. The van der Waals surface area contributed by atoms with E-state index in [0.717, 1.165) is 36.0 Å². The van der Waals surface area contributed by atoms with Gasteiger partial charge in [-0.1, -0.05) is 31.5 Å². The number of sulfonamides is 1. The van der Waals surface area contributed by atoms with Gasteiger partial charge in [0.2, 0.25) is 10.0 Å². The van der Waals surface area contributed by atoms with Gasteiger partial charge < -0.3 is 9.88 Å². The van der Waals surface area contributed by atoms with Gasteiger partial charge in [0.1, 0.15) is 4.90 Å². The molecule has 1 fully saturated rings. The molecule has 2 heterocycles. The zero-order chi connectivity index (χ0) is 16.6. The first-order valence-corrected chi connectivity index (χ1v) is 9.69. The topological polar surface area (TPSA) is 54.3 Å². The standard InChI is InChI=1S/C17H25N3O2S.ClH/c1-4-7-14-12-18-10-11-20(14)23(21,22)17-13(2)19(3)16-9-6-5-8-15(16)17;/h5-6,8-9,14,18H,4,7,10-12H2,1-3H3;1H. The summed E-state index contributed by atoms with van der Waals surface area (Å²) in [5.74, 6) is 0. The summed E-state index contributed by atoms with van der Waals surface area (Å²) in [7, 11) is -1.57. The summed E-state index contributed by atoms with van der Waals surface area (Å²) in [5, 5.41) is 4.14. The molecule has 1 atom stereocenters. The predicted octanol–water partition coefficient (Wildman–Crippen LogP) is 2.67. The van der Waals surface area contributed by atoms with Gasteiger partial charge in [0.15, 0.2) is 0 Å². The zero-order valence-electron chi connectivity index (χ0n) is 14.4. The molecule has 3 rings (SSSR count). The first-order valence-electron chi connectivity index (χ1n) is 8.25. The van der Waals surface area contributed by atoms with E-state index in [-0.39, 0.29) is 18.4 Å². The number of nitrogens with zero attached hydrogens (tertiary/aromatic N) is 2. The summed E-state index contributed by atoms with van der Waals surface area (Å²) in [6.45, 7) is 5.97. The van der Waals surface area contributed by atoms with Crippen LogP contribution in [0.2, 0.25) is 0 Å². The van der Waals surface area contributed by atoms with Crippen molar-refractivity contribution in [3.63, 3.8) is 0 Å². The normalized spacial score (nSPS) is 19.4. The van der Waals surface area contributed by atoms with E-state index < -0.39 is 10.0 Å². The Labute approximate surface area is 150 Å². The molecular weight excluding hydrogens is 346 g/mol. The smallest absolute Gasteiger partial charge is 0.245 e. The number of halogens is 1. The minimum Gasteiger partial charge on any atom is -0.347 e. The first kappa shape index (κ1) is 19.2. The predicted molar refractivity (Wildman–Crippen MR) is 100 cm³/mol. The molecule has 0 amide bonds. The summed E-state index contributed by atoms with van der Waals surface area (Å²) in [6.07, 6.45) is 1.86. The summed E-state index contributed by atoms with van der Waals surface area (Å²) >= 11 is 0. The van der Waals surface area contributed by atoms with Crippen molar-refractivity contribution in [2.45, 2.75) is 37.6 Å². The van der Waals surface area contributed by atoms with Crippen LogP contribution >= 0.6 is 12.4 Å². The molecule has 0 bridgehead atoms. The molecule has 1 aromatic heterocycles. The number of rotatable bonds is 4. The Balaban J connectivity index is 0.00000208. The van der Waals surface area contributed by atoms with Crippen LogP contribution in [0.4, 0.5) is 0 Å². The van der Waals surface area contributed by atoms with Gasteiger partial charge in [0, 0.05) is 49.3 Å². The molecule has 1 saturated heterocycles. The van der Waals surface area contributed by atoms with Crippen molar-refractivity contribution in [1.82, 2.24) is 14.2 Å². The van der Waals surface area contributed by atoms with Gasteiger partial charge >= 0.3 is 0 Å². The van der Waals surface area contributed by atoms with Crippen molar-refractivity contribution in [3.8, 4) is 0 Å². The van der Waals surface area contributed by atoms with Gasteiger partial charge in [0.05, 0.1) is 0 Å². The minimum atomic E-state index is -3.50. The van der Waals surface area contributed by atoms with Crippen molar-refractivity contribution < 1.29 is 8.42 Å². The average molecular weight is 372 g/mol. The summed E-state index contributed by atoms with van der Waals surface area (Å²) < 4.78 is 30.5. The maximum Gasteiger partial charge on any atom is 0.245 e. The number of hydrogen-bond donors (Lipinski definition) is 1. The second-order valence-corrected chi connectivity index (χ2v) is 8.08. The molecule has 24 heavy (non-hydrogen) atoms. The fourth-order valence-corrected chi connectivity index (χ4v) is 5.67. The molecular formula is C17H26ClN3O2S. The quantitative estimate of drug-likeness (QED) is 0.898. The lowest BCUT2D eigenvalue weighted by atomic mass is 10.1. The van der Waals surface area contributed by atoms with Gasteiger partial charge in [-0.3, -0.25) is 0 Å². The highest BCUT2D eigenvalue weighted by molar-refractivity contribution is 7.89. The van der Waals surface area contributed by atoms with Crippen LogP contribution in [-0.4, -0.2) is 43.0 Å². The molecule has 0 saturated carbocycles. The van der Waals surface area contributed by atoms with Gasteiger partial charge in [0.25, 0.3) is 0 Å². The van der Waals surface area contributed by atoms with Crippen LogP contribution in [0.25, 0.3) is 10.9 Å². The van der Waals surface area contributed by atoms with E-state index in [0.29, 0.717) is 18.0 Å². The SMILES string of the molecule is CCCC1CNCCN1S(=O)(=O)c1c(C)n(C)c2ccccc12.Cl. The summed E-state index contributed by atoms with van der Waals surface area (Å²) in [4.78, 5) is 0.471. The van der Waals surface area contributed by atoms with Gasteiger partial charge in [-0.15, -0.1) is 12.4 Å². The number of nitrogens with one attached hydrogen (secondary N) is 1. The van der Waals surface area contributed by atoms with E-state index in [4.69, 9.17) is 0 Å². The fraction of sp³-hybridized carbons (Fsp3) is 0.529. The van der Waals surface area contributed by atoms with Crippen molar-refractivity contribution >= 4 is 33.3 Å². The third-order valence-corrected chi connectivity index (χ3v) is 6.96. The molecule has 0 radical (unpaired) electrons. The Bertz CT molecular complexity index is 815. The van der Waals surface area contributed by atoms with Crippen LogP contribution in [-0.2, 0) is 17.1 Å². The van der Waals surface area contributed by atoms with Crippen LogP contribution in [0.5, 0.6) is 0 Å². The van der Waals surface area contributed by atoms with Gasteiger partial charge in [-0.2, -0.15) is 4.31 Å². The van der Waals surface area contributed by atoms with Crippen LogP contribution < -0.4 is 5.32 Å². The Hall–Kier alpha value is -1.08. The van der Waals surface area contributed by atoms with Crippen LogP contribution in [0.3, 0.4) is 0 Å². The van der Waals surface area contributed by atoms with Crippen LogP contribution in [0.15, 0.2) is 29.2 Å². The average Bonchev–Trinajstić information content (AvgIpc) is 2.80. The first-order chi connectivity index (χ1) is 11.0. The number of benzene rings is 1. The number of para-hydroxylation sites is 1. The monoisotopic (exact) mass is 371 g/mol. The molecule has 1 aliphatic rings. The fourth-order valence-electron chi connectivity index (χ4n) is 3.57. The lowest BCUT2D eigenvalue weighted by Crippen LogP contribution is -2.53.